The van der Waals surface area contributed by atoms with Crippen LogP contribution in [0.4, 0.5) is 5.69 Å². The first-order valence-electron chi connectivity index (χ1n) is 5.21. The number of hydrazine groups is 1. The van der Waals surface area contributed by atoms with E-state index in [1.165, 1.54) is 0 Å². The minimum atomic E-state index is 0.119. The minimum absolute atomic E-state index is 0.119. The van der Waals surface area contributed by atoms with E-state index in [0.29, 0.717) is 21.7 Å². The van der Waals surface area contributed by atoms with Crippen LogP contribution in [-0.4, -0.2) is 12.0 Å². The highest BCUT2D eigenvalue weighted by molar-refractivity contribution is 6.36. The van der Waals surface area contributed by atoms with E-state index in [2.05, 4.69) is 15.7 Å². The fourth-order valence-electron chi connectivity index (χ4n) is 1.23. The normalized spacial score (nSPS) is 11.8. The number of nitrogens with one attached hydrogen (secondary N) is 2. The lowest BCUT2D eigenvalue weighted by atomic mass is 10.2. The Morgan fingerprint density at radius 1 is 1.29 bits per heavy atom. The van der Waals surface area contributed by atoms with Gasteiger partial charge in [-0.15, -0.1) is 0 Å². The van der Waals surface area contributed by atoms with E-state index in [1.54, 1.807) is 12.1 Å². The highest BCUT2D eigenvalue weighted by Gasteiger charge is 2.07. The molecule has 0 saturated carbocycles. The smallest absolute Gasteiger partial charge is 0.210 e. The van der Waals surface area contributed by atoms with Crippen LogP contribution >= 0.6 is 23.2 Å². The van der Waals surface area contributed by atoms with Crippen molar-refractivity contribution < 1.29 is 0 Å². The van der Waals surface area contributed by atoms with Gasteiger partial charge in [-0.05, 0) is 38.5 Å². The van der Waals surface area contributed by atoms with E-state index in [4.69, 9.17) is 29.0 Å². The summed E-state index contributed by atoms with van der Waals surface area (Å²) in [5.74, 6) is 5.81. The Kier molecular flexibility index (Phi) is 5.05. The number of rotatable bonds is 2. The van der Waals surface area contributed by atoms with Gasteiger partial charge in [0.15, 0.2) is 0 Å². The molecule has 0 unspecified atom stereocenters. The van der Waals surface area contributed by atoms with Crippen LogP contribution in [0.5, 0.6) is 0 Å². The molecule has 4 nitrogen and oxygen atoms in total. The maximum absolute atomic E-state index is 6.09. The molecule has 94 valence electrons. The largest absolute Gasteiger partial charge is 0.324 e. The van der Waals surface area contributed by atoms with Gasteiger partial charge in [0, 0.05) is 11.1 Å². The molecule has 0 fully saturated rings. The third-order valence-electron chi connectivity index (χ3n) is 2.03. The summed E-state index contributed by atoms with van der Waals surface area (Å²) in [5, 5.41) is 4.20. The van der Waals surface area contributed by atoms with Crippen LogP contribution in [0.1, 0.15) is 19.4 Å². The van der Waals surface area contributed by atoms with Gasteiger partial charge in [-0.3, -0.25) is 5.43 Å². The van der Waals surface area contributed by atoms with Crippen LogP contribution < -0.4 is 16.6 Å². The Morgan fingerprint density at radius 2 is 1.94 bits per heavy atom. The molecule has 17 heavy (non-hydrogen) atoms. The van der Waals surface area contributed by atoms with Crippen molar-refractivity contribution in [3.63, 3.8) is 0 Å². The summed E-state index contributed by atoms with van der Waals surface area (Å²) >= 11 is 12.1. The van der Waals surface area contributed by atoms with Crippen LogP contribution in [0.15, 0.2) is 17.1 Å². The molecule has 0 bridgehead atoms. The van der Waals surface area contributed by atoms with Crippen molar-refractivity contribution in [2.75, 3.05) is 5.32 Å². The molecule has 0 aromatic heterocycles. The van der Waals surface area contributed by atoms with Gasteiger partial charge < -0.3 is 5.32 Å². The standard InChI is InChI=1S/C11H16Cl2N4/c1-6(2)15-11(17-14)16-10-5-8(12)7(3)4-9(10)13/h4-6H,14H2,1-3H3,(H2,15,16,17). The van der Waals surface area contributed by atoms with Gasteiger partial charge in [-0.25, -0.2) is 10.8 Å². The molecule has 1 aromatic carbocycles. The molecule has 0 aliphatic carbocycles. The Morgan fingerprint density at radius 3 is 2.47 bits per heavy atom. The average Bonchev–Trinajstić information content (AvgIpc) is 2.24. The van der Waals surface area contributed by atoms with Crippen molar-refractivity contribution in [2.45, 2.75) is 26.8 Å². The van der Waals surface area contributed by atoms with Crippen LogP contribution in [0.2, 0.25) is 10.0 Å². The number of hydrogen-bond donors (Lipinski definition) is 3. The van der Waals surface area contributed by atoms with E-state index in [9.17, 15) is 0 Å². The average molecular weight is 275 g/mol. The quantitative estimate of drug-likeness (QED) is 0.336. The van der Waals surface area contributed by atoms with E-state index in [1.807, 2.05) is 20.8 Å². The monoisotopic (exact) mass is 274 g/mol. The molecule has 0 aliphatic heterocycles. The summed E-state index contributed by atoms with van der Waals surface area (Å²) in [5.41, 5.74) is 4.07. The van der Waals surface area contributed by atoms with Crippen molar-refractivity contribution in [1.82, 2.24) is 5.43 Å². The minimum Gasteiger partial charge on any atom is -0.324 e. The lowest BCUT2D eigenvalue weighted by molar-refractivity contribution is 0.819. The van der Waals surface area contributed by atoms with Gasteiger partial charge in [-0.2, -0.15) is 0 Å². The highest BCUT2D eigenvalue weighted by atomic mass is 35.5. The van der Waals surface area contributed by atoms with Crippen molar-refractivity contribution in [3.05, 3.63) is 27.7 Å². The van der Waals surface area contributed by atoms with E-state index >= 15 is 0 Å². The predicted molar refractivity (Wildman–Crippen MR) is 74.7 cm³/mol. The number of benzene rings is 1. The molecule has 0 heterocycles. The second kappa shape index (κ2) is 6.10. The van der Waals surface area contributed by atoms with Gasteiger partial charge in [0.05, 0.1) is 10.7 Å². The molecule has 6 heteroatoms. The number of nitrogens with two attached hydrogens (primary N) is 1. The maximum Gasteiger partial charge on any atom is 0.210 e. The molecule has 0 aliphatic rings. The molecule has 0 radical (unpaired) electrons. The molecular weight excluding hydrogens is 259 g/mol. The van der Waals surface area contributed by atoms with E-state index < -0.39 is 0 Å². The summed E-state index contributed by atoms with van der Waals surface area (Å²) < 4.78 is 0. The number of halogens is 2. The Hall–Kier alpha value is -0.970. The first-order chi connectivity index (χ1) is 7.93. The number of anilines is 1. The van der Waals surface area contributed by atoms with Crippen molar-refractivity contribution >= 4 is 34.8 Å². The maximum atomic E-state index is 6.09. The zero-order valence-corrected chi connectivity index (χ0v) is 11.5. The predicted octanol–water partition coefficient (Wildman–Crippen LogP) is 2.94. The first-order valence-corrected chi connectivity index (χ1v) is 5.96. The van der Waals surface area contributed by atoms with Crippen LogP contribution in [0.3, 0.4) is 0 Å². The van der Waals surface area contributed by atoms with Crippen LogP contribution in [0.25, 0.3) is 0 Å². The summed E-state index contributed by atoms with van der Waals surface area (Å²) in [4.78, 5) is 4.25. The second-order valence-corrected chi connectivity index (χ2v) is 4.74. The fraction of sp³-hybridized carbons (Fsp3) is 0.364. The zero-order chi connectivity index (χ0) is 13.0. The lowest BCUT2D eigenvalue weighted by Crippen LogP contribution is -2.37. The van der Waals surface area contributed by atoms with Crippen molar-refractivity contribution in [3.8, 4) is 0 Å². The molecule has 0 saturated heterocycles. The summed E-state index contributed by atoms with van der Waals surface area (Å²) in [6, 6.07) is 3.65. The van der Waals surface area contributed by atoms with Crippen LogP contribution in [-0.2, 0) is 0 Å². The zero-order valence-electron chi connectivity index (χ0n) is 10.0. The number of hydrogen-bond acceptors (Lipinski definition) is 2. The van der Waals surface area contributed by atoms with E-state index in [-0.39, 0.29) is 6.04 Å². The summed E-state index contributed by atoms with van der Waals surface area (Å²) in [6.07, 6.45) is 0. The van der Waals surface area contributed by atoms with E-state index in [0.717, 1.165) is 5.56 Å². The van der Waals surface area contributed by atoms with Gasteiger partial charge in [0.1, 0.15) is 0 Å². The summed E-state index contributed by atoms with van der Waals surface area (Å²) in [6.45, 7) is 5.79. The third-order valence-corrected chi connectivity index (χ3v) is 2.75. The van der Waals surface area contributed by atoms with Gasteiger partial charge in [0.25, 0.3) is 0 Å². The number of aryl methyl sites for hydroxylation is 1. The highest BCUT2D eigenvalue weighted by Crippen LogP contribution is 2.28. The molecule has 4 N–H and O–H groups in total. The Labute approximate surface area is 111 Å². The molecule has 1 rings (SSSR count). The third kappa shape index (κ3) is 4.07. The van der Waals surface area contributed by atoms with Crippen LogP contribution in [0, 0.1) is 6.92 Å². The second-order valence-electron chi connectivity index (χ2n) is 3.92. The molecule has 0 atom stereocenters. The first kappa shape index (κ1) is 14.1. The molecule has 0 amide bonds. The molecular formula is C11H16Cl2N4. The fourth-order valence-corrected chi connectivity index (χ4v) is 1.66. The number of aliphatic imine (C=N–C) groups is 1. The summed E-state index contributed by atoms with van der Waals surface area (Å²) in [7, 11) is 0. The molecule has 1 aromatic rings. The van der Waals surface area contributed by atoms with Gasteiger partial charge in [-0.1, -0.05) is 23.2 Å². The SMILES string of the molecule is Cc1cc(Cl)c(NC(=NC(C)C)NN)cc1Cl. The van der Waals surface area contributed by atoms with Gasteiger partial charge in [0.2, 0.25) is 5.96 Å². The molecule has 0 spiro atoms. The lowest BCUT2D eigenvalue weighted by Gasteiger charge is -2.13. The topological polar surface area (TPSA) is 62.4 Å². The number of guanidine groups is 1. The Balaban J connectivity index is 2.98. The number of nitrogens with zero attached hydrogens (tertiary/aromatic N) is 1. The van der Waals surface area contributed by atoms with Crippen molar-refractivity contribution in [2.24, 2.45) is 10.8 Å². The van der Waals surface area contributed by atoms with Gasteiger partial charge >= 0.3 is 0 Å². The van der Waals surface area contributed by atoms with Crippen molar-refractivity contribution in [1.29, 1.82) is 0 Å². The Bertz CT molecular complexity index is 430.